The van der Waals surface area contributed by atoms with E-state index in [9.17, 15) is 9.18 Å². The van der Waals surface area contributed by atoms with Crippen LogP contribution in [0.5, 0.6) is 0 Å². The summed E-state index contributed by atoms with van der Waals surface area (Å²) in [6.07, 6.45) is -0.237. The number of nitrogens with zero attached hydrogens (tertiary/aromatic N) is 3. The third-order valence-corrected chi connectivity index (χ3v) is 5.14. The third-order valence-electron chi connectivity index (χ3n) is 4.44. The molecule has 1 unspecified atom stereocenters. The van der Waals surface area contributed by atoms with Crippen LogP contribution < -0.4 is 0 Å². The molecule has 0 spiro atoms. The average Bonchev–Trinajstić information content (AvgIpc) is 3.17. The summed E-state index contributed by atoms with van der Waals surface area (Å²) in [5.41, 5.74) is 1.82. The number of morpholine rings is 1. The second-order valence-corrected chi connectivity index (χ2v) is 7.09. The second-order valence-electron chi connectivity index (χ2n) is 6.31. The lowest BCUT2D eigenvalue weighted by molar-refractivity contribution is -0.0649. The highest BCUT2D eigenvalue weighted by Crippen LogP contribution is 2.19. The van der Waals surface area contributed by atoms with Gasteiger partial charge in [-0.3, -0.25) is 4.79 Å². The van der Waals surface area contributed by atoms with E-state index in [1.165, 1.54) is 17.6 Å². The molecule has 2 heterocycles. The summed E-state index contributed by atoms with van der Waals surface area (Å²) in [5, 5.41) is 4.02. The van der Waals surface area contributed by atoms with Gasteiger partial charge in [0, 0.05) is 24.2 Å². The Morgan fingerprint density at radius 2 is 2.22 bits per heavy atom. The van der Waals surface area contributed by atoms with Crippen LogP contribution in [-0.2, 0) is 16.1 Å². The lowest BCUT2D eigenvalue weighted by Gasteiger charge is -2.33. The Kier molecular flexibility index (Phi) is 5.38. The van der Waals surface area contributed by atoms with Gasteiger partial charge in [-0.25, -0.2) is 4.39 Å². The molecule has 0 bridgehead atoms. The molecular weight excluding hydrogens is 369 g/mol. The van der Waals surface area contributed by atoms with E-state index in [0.29, 0.717) is 37.4 Å². The molecule has 27 heavy (non-hydrogen) atoms. The maximum atomic E-state index is 13.6. The fraction of sp³-hybridized carbons (Fsp3) is 0.316. The standard InChI is InChI=1S/C19H18FN3O3S/c20-16-4-2-1-3-14(16)11-25-12-15-10-23(7-8-26-15)19(24)13-5-6-18-17(9-13)21-22-27-18/h1-6,9,15H,7-8,10-12H2. The summed E-state index contributed by atoms with van der Waals surface area (Å²) in [6, 6.07) is 11.9. The van der Waals surface area contributed by atoms with E-state index in [1.54, 1.807) is 35.2 Å². The molecule has 1 atom stereocenters. The van der Waals surface area contributed by atoms with Crippen LogP contribution >= 0.6 is 11.5 Å². The first-order valence-corrected chi connectivity index (χ1v) is 9.42. The van der Waals surface area contributed by atoms with Crippen molar-refractivity contribution in [1.82, 2.24) is 14.5 Å². The number of carbonyl (C=O) groups is 1. The van der Waals surface area contributed by atoms with Crippen LogP contribution in [0.15, 0.2) is 42.5 Å². The Balaban J connectivity index is 1.34. The highest BCUT2D eigenvalue weighted by atomic mass is 32.1. The highest BCUT2D eigenvalue weighted by molar-refractivity contribution is 7.12. The number of fused-ring (bicyclic) bond motifs is 1. The monoisotopic (exact) mass is 387 g/mol. The molecule has 1 fully saturated rings. The molecule has 2 aromatic carbocycles. The molecule has 1 amide bonds. The lowest BCUT2D eigenvalue weighted by Crippen LogP contribution is -2.47. The van der Waals surface area contributed by atoms with E-state index in [0.717, 1.165) is 10.2 Å². The van der Waals surface area contributed by atoms with Gasteiger partial charge in [-0.2, -0.15) is 0 Å². The fourth-order valence-corrected chi connectivity index (χ4v) is 3.56. The Morgan fingerprint density at radius 3 is 3.11 bits per heavy atom. The van der Waals surface area contributed by atoms with E-state index in [1.807, 2.05) is 6.07 Å². The van der Waals surface area contributed by atoms with Crippen molar-refractivity contribution in [2.75, 3.05) is 26.3 Å². The van der Waals surface area contributed by atoms with Crippen molar-refractivity contribution < 1.29 is 18.7 Å². The molecule has 0 aliphatic carbocycles. The largest absolute Gasteiger partial charge is 0.374 e. The van der Waals surface area contributed by atoms with Crippen molar-refractivity contribution in [2.45, 2.75) is 12.7 Å². The maximum Gasteiger partial charge on any atom is 0.254 e. The lowest BCUT2D eigenvalue weighted by atomic mass is 10.1. The first-order chi connectivity index (χ1) is 13.2. The van der Waals surface area contributed by atoms with Crippen LogP contribution in [0.3, 0.4) is 0 Å². The zero-order valence-corrected chi connectivity index (χ0v) is 15.3. The minimum absolute atomic E-state index is 0.0627. The van der Waals surface area contributed by atoms with Crippen LogP contribution in [0.25, 0.3) is 10.2 Å². The molecule has 4 rings (SSSR count). The molecule has 1 aromatic heterocycles. The van der Waals surface area contributed by atoms with E-state index in [2.05, 4.69) is 9.59 Å². The van der Waals surface area contributed by atoms with Crippen molar-refractivity contribution >= 4 is 27.7 Å². The summed E-state index contributed by atoms with van der Waals surface area (Å²) in [7, 11) is 0. The molecule has 0 N–H and O–H groups in total. The zero-order chi connectivity index (χ0) is 18.6. The van der Waals surface area contributed by atoms with Crippen molar-refractivity contribution in [3.63, 3.8) is 0 Å². The quantitative estimate of drug-likeness (QED) is 0.674. The minimum atomic E-state index is -0.286. The normalized spacial score (nSPS) is 17.4. The second kappa shape index (κ2) is 8.08. The molecular formula is C19H18FN3O3S. The number of rotatable bonds is 5. The van der Waals surface area contributed by atoms with Gasteiger partial charge >= 0.3 is 0 Å². The summed E-state index contributed by atoms with van der Waals surface area (Å²) >= 11 is 1.30. The maximum absolute atomic E-state index is 13.6. The topological polar surface area (TPSA) is 64.6 Å². The Hall–Kier alpha value is -2.42. The van der Waals surface area contributed by atoms with E-state index < -0.39 is 0 Å². The fourth-order valence-electron chi connectivity index (χ4n) is 3.02. The highest BCUT2D eigenvalue weighted by Gasteiger charge is 2.25. The summed E-state index contributed by atoms with van der Waals surface area (Å²) in [6.45, 7) is 1.88. The molecule has 6 nitrogen and oxygen atoms in total. The van der Waals surface area contributed by atoms with Gasteiger partial charge in [-0.05, 0) is 35.8 Å². The molecule has 8 heteroatoms. The predicted octanol–water partition coefficient (Wildman–Crippen LogP) is 2.89. The SMILES string of the molecule is O=C(c1ccc2snnc2c1)N1CCOC(COCc2ccccc2F)C1. The summed E-state index contributed by atoms with van der Waals surface area (Å²) < 4.78 is 29.8. The van der Waals surface area contributed by atoms with Gasteiger partial charge < -0.3 is 14.4 Å². The minimum Gasteiger partial charge on any atom is -0.374 e. The first-order valence-electron chi connectivity index (χ1n) is 8.65. The van der Waals surface area contributed by atoms with Crippen LogP contribution in [-0.4, -0.2) is 52.8 Å². The number of carbonyl (C=O) groups excluding carboxylic acids is 1. The van der Waals surface area contributed by atoms with Crippen molar-refractivity contribution in [3.05, 3.63) is 59.4 Å². The number of aromatic nitrogens is 2. The Bertz CT molecular complexity index is 949. The summed E-state index contributed by atoms with van der Waals surface area (Å²) in [5.74, 6) is -0.349. The van der Waals surface area contributed by atoms with Crippen LogP contribution in [0, 0.1) is 5.82 Å². The average molecular weight is 387 g/mol. The van der Waals surface area contributed by atoms with Gasteiger partial charge in [0.2, 0.25) is 0 Å². The van der Waals surface area contributed by atoms with Gasteiger partial charge in [-0.15, -0.1) is 5.10 Å². The number of hydrogen-bond donors (Lipinski definition) is 0. The van der Waals surface area contributed by atoms with Gasteiger partial charge in [0.05, 0.1) is 30.6 Å². The molecule has 1 saturated heterocycles. The van der Waals surface area contributed by atoms with Gasteiger partial charge in [0.15, 0.2) is 0 Å². The summed E-state index contributed by atoms with van der Waals surface area (Å²) in [4.78, 5) is 14.5. The number of amides is 1. The van der Waals surface area contributed by atoms with E-state index in [4.69, 9.17) is 9.47 Å². The number of ether oxygens (including phenoxy) is 2. The van der Waals surface area contributed by atoms with Crippen molar-refractivity contribution in [1.29, 1.82) is 0 Å². The molecule has 140 valence electrons. The van der Waals surface area contributed by atoms with Crippen LogP contribution in [0.2, 0.25) is 0 Å². The van der Waals surface area contributed by atoms with Crippen LogP contribution in [0.1, 0.15) is 15.9 Å². The Labute approximate surface area is 159 Å². The third kappa shape index (κ3) is 4.13. The van der Waals surface area contributed by atoms with Crippen molar-refractivity contribution in [3.8, 4) is 0 Å². The zero-order valence-electron chi connectivity index (χ0n) is 14.5. The Morgan fingerprint density at radius 1 is 1.33 bits per heavy atom. The van der Waals surface area contributed by atoms with E-state index >= 15 is 0 Å². The van der Waals surface area contributed by atoms with Gasteiger partial charge in [0.25, 0.3) is 5.91 Å². The van der Waals surface area contributed by atoms with Crippen molar-refractivity contribution in [2.24, 2.45) is 0 Å². The van der Waals surface area contributed by atoms with Crippen LogP contribution in [0.4, 0.5) is 4.39 Å². The van der Waals surface area contributed by atoms with Gasteiger partial charge in [0.1, 0.15) is 11.3 Å². The molecule has 1 aliphatic rings. The molecule has 3 aromatic rings. The number of benzene rings is 2. The molecule has 0 radical (unpaired) electrons. The first kappa shape index (κ1) is 18.0. The smallest absolute Gasteiger partial charge is 0.254 e. The van der Waals surface area contributed by atoms with E-state index in [-0.39, 0.29) is 24.4 Å². The number of halogens is 1. The molecule has 0 saturated carbocycles. The van der Waals surface area contributed by atoms with Gasteiger partial charge in [-0.1, -0.05) is 22.7 Å². The predicted molar refractivity (Wildman–Crippen MR) is 99.1 cm³/mol. The number of hydrogen-bond acceptors (Lipinski definition) is 6. The molecule has 1 aliphatic heterocycles.